The summed E-state index contributed by atoms with van der Waals surface area (Å²) in [7, 11) is 1.66. The fourth-order valence-corrected chi connectivity index (χ4v) is 5.42. The number of carbonyl (C=O) groups is 1. The van der Waals surface area contributed by atoms with Crippen LogP contribution in [-0.2, 0) is 17.6 Å². The van der Waals surface area contributed by atoms with Gasteiger partial charge in [-0.25, -0.2) is 0 Å². The number of hydrogen-bond donors (Lipinski definition) is 2. The number of aryl methyl sites for hydroxylation is 2. The molecule has 3 aromatic rings. The highest BCUT2D eigenvalue weighted by Gasteiger charge is 2.26. The van der Waals surface area contributed by atoms with Crippen LogP contribution in [0.5, 0.6) is 11.5 Å². The zero-order chi connectivity index (χ0) is 24.2. The predicted octanol–water partition coefficient (Wildman–Crippen LogP) is 4.26. The van der Waals surface area contributed by atoms with Crippen LogP contribution in [0.15, 0.2) is 36.4 Å². The van der Waals surface area contributed by atoms with Crippen molar-refractivity contribution in [1.82, 2.24) is 15.2 Å². The van der Waals surface area contributed by atoms with E-state index in [0.29, 0.717) is 37.7 Å². The van der Waals surface area contributed by atoms with Gasteiger partial charge in [0.15, 0.2) is 11.5 Å². The third kappa shape index (κ3) is 4.88. The number of amides is 1. The van der Waals surface area contributed by atoms with E-state index in [2.05, 4.69) is 27.3 Å². The molecule has 35 heavy (non-hydrogen) atoms. The number of nitrogens with zero attached hydrogens (tertiary/aromatic N) is 1. The average Bonchev–Trinajstić information content (AvgIpc) is 3.29. The van der Waals surface area contributed by atoms with Crippen LogP contribution in [0.1, 0.15) is 53.0 Å². The maximum Gasteiger partial charge on any atom is 0.253 e. The third-order valence-corrected chi connectivity index (χ3v) is 7.19. The number of ether oxygens (including phenoxy) is 3. The number of rotatable bonds is 8. The summed E-state index contributed by atoms with van der Waals surface area (Å²) >= 11 is 0. The van der Waals surface area contributed by atoms with E-state index in [1.165, 1.54) is 29.5 Å². The molecule has 1 saturated heterocycles. The monoisotopic (exact) mass is 477 g/mol. The van der Waals surface area contributed by atoms with Gasteiger partial charge >= 0.3 is 0 Å². The van der Waals surface area contributed by atoms with Gasteiger partial charge < -0.3 is 24.5 Å². The Morgan fingerprint density at radius 3 is 2.77 bits per heavy atom. The van der Waals surface area contributed by atoms with E-state index < -0.39 is 0 Å². The maximum atomic E-state index is 13.4. The van der Waals surface area contributed by atoms with Gasteiger partial charge in [0, 0.05) is 30.7 Å². The molecule has 1 atom stereocenters. The molecule has 2 aliphatic rings. The summed E-state index contributed by atoms with van der Waals surface area (Å²) in [5.74, 6) is 1.38. The van der Waals surface area contributed by atoms with Gasteiger partial charge in [-0.15, -0.1) is 0 Å². The lowest BCUT2D eigenvalue weighted by molar-refractivity contribution is 0.0162. The first-order chi connectivity index (χ1) is 17.2. The minimum Gasteiger partial charge on any atom is -0.493 e. The van der Waals surface area contributed by atoms with E-state index in [-0.39, 0.29) is 11.9 Å². The topological polar surface area (TPSA) is 75.8 Å². The fourth-order valence-electron chi connectivity index (χ4n) is 5.42. The number of morpholine rings is 1. The van der Waals surface area contributed by atoms with Gasteiger partial charge in [0.25, 0.3) is 5.91 Å². The van der Waals surface area contributed by atoms with Gasteiger partial charge in [-0.2, -0.15) is 0 Å². The molecule has 1 aliphatic carbocycles. The van der Waals surface area contributed by atoms with Crippen molar-refractivity contribution in [2.24, 2.45) is 0 Å². The highest BCUT2D eigenvalue weighted by atomic mass is 16.5. The molecule has 1 fully saturated rings. The molecule has 1 aromatic heterocycles. The zero-order valence-corrected chi connectivity index (χ0v) is 20.7. The Morgan fingerprint density at radius 1 is 1.14 bits per heavy atom. The summed E-state index contributed by atoms with van der Waals surface area (Å²) in [5, 5.41) is 4.42. The average molecular weight is 478 g/mol. The molecular weight excluding hydrogens is 442 g/mol. The standard InChI is InChI=1S/C28H35N3O4/c1-3-35-25-12-11-19(17-26(25)33-2)24(31-13-15-34-16-14-31)18-29-28(32)22-9-6-8-21-20-7-4-5-10-23(20)30-27(21)22/h6,8-9,11-12,17,24,30H,3-5,7,10,13-16,18H2,1-2H3,(H,29,32). The van der Waals surface area contributed by atoms with Crippen LogP contribution >= 0.6 is 0 Å². The van der Waals surface area contributed by atoms with Crippen LogP contribution in [-0.4, -0.2) is 62.4 Å². The van der Waals surface area contributed by atoms with Crippen molar-refractivity contribution >= 4 is 16.8 Å². The molecule has 1 aliphatic heterocycles. The van der Waals surface area contributed by atoms with Gasteiger partial charge in [-0.3, -0.25) is 9.69 Å². The molecule has 5 rings (SSSR count). The van der Waals surface area contributed by atoms with E-state index in [9.17, 15) is 4.79 Å². The summed E-state index contributed by atoms with van der Waals surface area (Å²) in [6.07, 6.45) is 4.56. The summed E-state index contributed by atoms with van der Waals surface area (Å²) in [6.45, 7) is 6.03. The highest BCUT2D eigenvalue weighted by molar-refractivity contribution is 6.06. The third-order valence-electron chi connectivity index (χ3n) is 7.19. The molecule has 1 unspecified atom stereocenters. The molecule has 0 saturated carbocycles. The molecule has 2 N–H and O–H groups in total. The summed E-state index contributed by atoms with van der Waals surface area (Å²) < 4.78 is 16.9. The lowest BCUT2D eigenvalue weighted by atomic mass is 9.95. The maximum absolute atomic E-state index is 13.4. The number of aromatic amines is 1. The van der Waals surface area contributed by atoms with E-state index in [1.807, 2.05) is 31.2 Å². The second-order valence-electron chi connectivity index (χ2n) is 9.23. The van der Waals surface area contributed by atoms with Crippen molar-refractivity contribution in [3.05, 3.63) is 58.8 Å². The van der Waals surface area contributed by atoms with Crippen LogP contribution in [0.4, 0.5) is 0 Å². The molecule has 2 aromatic carbocycles. The second kappa shape index (κ2) is 10.7. The molecule has 0 radical (unpaired) electrons. The summed E-state index contributed by atoms with van der Waals surface area (Å²) in [6, 6.07) is 12.1. The number of carbonyl (C=O) groups excluding carboxylic acids is 1. The lowest BCUT2D eigenvalue weighted by Crippen LogP contribution is -2.43. The Labute approximate surface area is 206 Å². The molecular formula is C28H35N3O4. The fraction of sp³-hybridized carbons (Fsp3) is 0.464. The number of hydrogen-bond acceptors (Lipinski definition) is 5. The van der Waals surface area contributed by atoms with Crippen LogP contribution in [0.25, 0.3) is 10.9 Å². The minimum atomic E-state index is -0.0506. The van der Waals surface area contributed by atoms with Crippen molar-refractivity contribution in [2.75, 3.05) is 46.6 Å². The van der Waals surface area contributed by atoms with Crippen molar-refractivity contribution in [3.8, 4) is 11.5 Å². The first-order valence-corrected chi connectivity index (χ1v) is 12.7. The summed E-state index contributed by atoms with van der Waals surface area (Å²) in [5.41, 5.74) is 5.43. The first kappa shape index (κ1) is 23.7. The van der Waals surface area contributed by atoms with Gasteiger partial charge in [0.1, 0.15) is 0 Å². The number of methoxy groups -OCH3 is 1. The van der Waals surface area contributed by atoms with E-state index in [1.54, 1.807) is 7.11 Å². The SMILES string of the molecule is CCOc1ccc(C(CNC(=O)c2cccc3c4c([nH]c23)CCCC4)N2CCOCC2)cc1OC. The van der Waals surface area contributed by atoms with Gasteiger partial charge in [0.05, 0.1) is 44.1 Å². The van der Waals surface area contributed by atoms with E-state index in [4.69, 9.17) is 14.2 Å². The van der Waals surface area contributed by atoms with E-state index in [0.717, 1.165) is 42.8 Å². The molecule has 7 nitrogen and oxygen atoms in total. The first-order valence-electron chi connectivity index (χ1n) is 12.7. The molecule has 2 heterocycles. The Morgan fingerprint density at radius 2 is 1.97 bits per heavy atom. The minimum absolute atomic E-state index is 0.00322. The highest BCUT2D eigenvalue weighted by Crippen LogP contribution is 2.33. The summed E-state index contributed by atoms with van der Waals surface area (Å²) in [4.78, 5) is 19.4. The predicted molar refractivity (Wildman–Crippen MR) is 137 cm³/mol. The Kier molecular flexibility index (Phi) is 7.25. The van der Waals surface area contributed by atoms with Crippen LogP contribution in [0, 0.1) is 0 Å². The number of para-hydroxylation sites is 1. The number of H-pyrrole nitrogens is 1. The molecule has 0 bridgehead atoms. The molecule has 186 valence electrons. The molecule has 0 spiro atoms. The van der Waals surface area contributed by atoms with Crippen LogP contribution < -0.4 is 14.8 Å². The Balaban J connectivity index is 1.40. The normalized spacial score (nSPS) is 17.1. The largest absolute Gasteiger partial charge is 0.493 e. The Bertz CT molecular complexity index is 1180. The number of nitrogens with one attached hydrogen (secondary N) is 2. The Hall–Kier alpha value is -3.03. The van der Waals surface area contributed by atoms with Crippen molar-refractivity contribution in [1.29, 1.82) is 0 Å². The van der Waals surface area contributed by atoms with Gasteiger partial charge in [0.2, 0.25) is 0 Å². The van der Waals surface area contributed by atoms with Crippen molar-refractivity contribution in [3.63, 3.8) is 0 Å². The number of benzene rings is 2. The van der Waals surface area contributed by atoms with Gasteiger partial charge in [-0.05, 0) is 61.9 Å². The number of fused-ring (bicyclic) bond motifs is 3. The number of aromatic nitrogens is 1. The molecule has 1 amide bonds. The van der Waals surface area contributed by atoms with Crippen LogP contribution in [0.3, 0.4) is 0 Å². The van der Waals surface area contributed by atoms with Crippen molar-refractivity contribution in [2.45, 2.75) is 38.6 Å². The quantitative estimate of drug-likeness (QED) is 0.507. The zero-order valence-electron chi connectivity index (χ0n) is 20.7. The smallest absolute Gasteiger partial charge is 0.253 e. The lowest BCUT2D eigenvalue weighted by Gasteiger charge is -2.35. The van der Waals surface area contributed by atoms with Gasteiger partial charge in [-0.1, -0.05) is 18.2 Å². The van der Waals surface area contributed by atoms with Crippen LogP contribution in [0.2, 0.25) is 0 Å². The van der Waals surface area contributed by atoms with E-state index >= 15 is 0 Å². The van der Waals surface area contributed by atoms with Crippen molar-refractivity contribution < 1.29 is 19.0 Å². The molecule has 7 heteroatoms. The second-order valence-corrected chi connectivity index (χ2v) is 9.23.